The number of hydroxylamine groups is 2. The van der Waals surface area contributed by atoms with Crippen LogP contribution in [0, 0.1) is 0 Å². The summed E-state index contributed by atoms with van der Waals surface area (Å²) in [4.78, 5) is 56.0. The van der Waals surface area contributed by atoms with Gasteiger partial charge in [-0.05, 0) is 80.1 Å². The van der Waals surface area contributed by atoms with Crippen molar-refractivity contribution in [3.63, 3.8) is 0 Å². The van der Waals surface area contributed by atoms with E-state index in [2.05, 4.69) is 48.9 Å². The first kappa shape index (κ1) is 32.9. The molecule has 1 saturated heterocycles. The molecular weight excluding hydrogens is 704 g/mol. The minimum atomic E-state index is -0.542. The van der Waals surface area contributed by atoms with Crippen molar-refractivity contribution >= 4 is 67.0 Å². The Bertz CT molecular complexity index is 1480. The summed E-state index contributed by atoms with van der Waals surface area (Å²) in [7, 11) is 0. The maximum absolute atomic E-state index is 13.7. The lowest BCUT2D eigenvalue weighted by molar-refractivity contribution is -0.197. The molecule has 2 amide bonds. The van der Waals surface area contributed by atoms with Crippen LogP contribution in [0.15, 0.2) is 75.7 Å². The van der Waals surface area contributed by atoms with Gasteiger partial charge in [-0.1, -0.05) is 81.0 Å². The third-order valence-corrected chi connectivity index (χ3v) is 9.39. The quantitative estimate of drug-likeness (QED) is 0.0709. The average Bonchev–Trinajstić information content (AvgIpc) is 3.35. The van der Waals surface area contributed by atoms with Gasteiger partial charge in [-0.25, -0.2) is 4.79 Å². The first-order valence-electron chi connectivity index (χ1n) is 15.5. The second-order valence-electron chi connectivity index (χ2n) is 11.3. The monoisotopic (exact) mass is 738 g/mol. The van der Waals surface area contributed by atoms with Gasteiger partial charge in [0.25, 0.3) is 11.8 Å². The predicted molar refractivity (Wildman–Crippen MR) is 178 cm³/mol. The van der Waals surface area contributed by atoms with E-state index >= 15 is 0 Å². The summed E-state index contributed by atoms with van der Waals surface area (Å²) >= 11 is 7.01. The largest absolute Gasteiger partial charge is 0.423 e. The van der Waals surface area contributed by atoms with Crippen molar-refractivity contribution in [2.24, 2.45) is 0 Å². The summed E-state index contributed by atoms with van der Waals surface area (Å²) in [5, 5.41) is 0.611. The van der Waals surface area contributed by atoms with Gasteiger partial charge >= 0.3 is 11.9 Å². The molecule has 3 aromatic rings. The third kappa shape index (κ3) is 8.02. The minimum Gasteiger partial charge on any atom is -0.423 e. The van der Waals surface area contributed by atoms with Gasteiger partial charge in [0.05, 0.1) is 8.95 Å². The van der Waals surface area contributed by atoms with Gasteiger partial charge in [-0.15, -0.1) is 5.06 Å². The molecule has 0 N–H and O–H groups in total. The van der Waals surface area contributed by atoms with Crippen molar-refractivity contribution in [3.05, 3.63) is 86.8 Å². The first-order valence-corrected chi connectivity index (χ1v) is 17.1. The van der Waals surface area contributed by atoms with Crippen LogP contribution in [-0.4, -0.2) is 35.4 Å². The molecule has 8 nitrogen and oxygen atoms in total. The number of fused-ring (bicyclic) bond motifs is 2. The van der Waals surface area contributed by atoms with E-state index in [1.54, 1.807) is 0 Å². The zero-order valence-electron chi connectivity index (χ0n) is 25.0. The molecular formula is C35H36Br2N2O6. The highest BCUT2D eigenvalue weighted by Gasteiger charge is 2.36. The highest BCUT2D eigenvalue weighted by atomic mass is 79.9. The number of amides is 2. The van der Waals surface area contributed by atoms with Gasteiger partial charge in [0, 0.05) is 37.2 Å². The Balaban J connectivity index is 1.09. The standard InChI is InChI=1S/C35H36Br2N2O6/c36-26-16-13-17-27(37)34(26)44-35(43)33-24-14-8-10-18-28(24)38(29-19-11-9-15-25(29)33)23-12-6-4-2-1-3-5-7-20-32(42)45-39-30(40)21-22-31(39)41/h8-11,13-19,33H,1-7,12,20-23H2. The smallest absolute Gasteiger partial charge is 0.333 e. The highest BCUT2D eigenvalue weighted by molar-refractivity contribution is 9.11. The second-order valence-corrected chi connectivity index (χ2v) is 13.0. The SMILES string of the molecule is O=C(CCCCCCCCCCN1c2ccccc2C(C(=O)Oc2c(Br)cccc2Br)c2ccccc21)ON1C(=O)CCC1=O. The number of anilines is 2. The molecule has 2 heterocycles. The summed E-state index contributed by atoms with van der Waals surface area (Å²) in [5.74, 6) is -1.82. The number of hydrogen-bond acceptors (Lipinski definition) is 7. The van der Waals surface area contributed by atoms with E-state index in [1.165, 1.54) is 0 Å². The van der Waals surface area contributed by atoms with Gasteiger partial charge in [-0.2, -0.15) is 0 Å². The van der Waals surface area contributed by atoms with Crippen LogP contribution in [0.5, 0.6) is 5.75 Å². The molecule has 0 aliphatic carbocycles. The van der Waals surface area contributed by atoms with E-state index in [0.717, 1.165) is 74.0 Å². The van der Waals surface area contributed by atoms with Gasteiger partial charge < -0.3 is 14.5 Å². The Morgan fingerprint density at radius 3 is 1.78 bits per heavy atom. The number of carbonyl (C=O) groups excluding carboxylic acids is 4. The van der Waals surface area contributed by atoms with Crippen molar-refractivity contribution in [1.82, 2.24) is 5.06 Å². The van der Waals surface area contributed by atoms with E-state index in [-0.39, 0.29) is 25.2 Å². The number of benzene rings is 3. The fourth-order valence-corrected chi connectivity index (χ4v) is 7.05. The van der Waals surface area contributed by atoms with Crippen LogP contribution in [0.2, 0.25) is 0 Å². The van der Waals surface area contributed by atoms with Crippen molar-refractivity contribution in [2.45, 2.75) is 76.5 Å². The maximum atomic E-state index is 13.7. The van der Waals surface area contributed by atoms with E-state index in [4.69, 9.17) is 9.57 Å². The lowest BCUT2D eigenvalue weighted by atomic mass is 9.84. The second kappa shape index (κ2) is 15.7. The fourth-order valence-electron chi connectivity index (χ4n) is 5.89. The molecule has 3 aromatic carbocycles. The maximum Gasteiger partial charge on any atom is 0.333 e. The van der Waals surface area contributed by atoms with Gasteiger partial charge in [-0.3, -0.25) is 14.4 Å². The Hall–Kier alpha value is -3.50. The number of ether oxygens (including phenoxy) is 1. The molecule has 45 heavy (non-hydrogen) atoms. The summed E-state index contributed by atoms with van der Waals surface area (Å²) < 4.78 is 7.39. The molecule has 0 saturated carbocycles. The normalized spacial score (nSPS) is 14.4. The fraction of sp³-hybridized carbons (Fsp3) is 0.371. The molecule has 0 radical (unpaired) electrons. The lowest BCUT2D eigenvalue weighted by Gasteiger charge is -2.37. The van der Waals surface area contributed by atoms with Gasteiger partial charge in [0.2, 0.25) is 0 Å². The van der Waals surface area contributed by atoms with Gasteiger partial charge in [0.1, 0.15) is 5.92 Å². The van der Waals surface area contributed by atoms with Crippen molar-refractivity contribution in [2.75, 3.05) is 11.4 Å². The van der Waals surface area contributed by atoms with E-state index in [0.29, 0.717) is 26.2 Å². The Kier molecular flexibility index (Phi) is 11.5. The topological polar surface area (TPSA) is 93.2 Å². The van der Waals surface area contributed by atoms with Crippen LogP contribution in [0.3, 0.4) is 0 Å². The highest BCUT2D eigenvalue weighted by Crippen LogP contribution is 2.46. The Morgan fingerprint density at radius 2 is 1.20 bits per heavy atom. The molecule has 236 valence electrons. The molecule has 0 bridgehead atoms. The molecule has 2 aliphatic heterocycles. The molecule has 5 rings (SSSR count). The molecule has 0 aromatic heterocycles. The van der Waals surface area contributed by atoms with E-state index in [1.807, 2.05) is 54.6 Å². The Labute approximate surface area is 280 Å². The summed E-state index contributed by atoms with van der Waals surface area (Å²) in [6.07, 6.45) is 8.45. The van der Waals surface area contributed by atoms with Crippen molar-refractivity contribution in [1.29, 1.82) is 0 Å². The Morgan fingerprint density at radius 1 is 0.689 bits per heavy atom. The number of para-hydroxylation sites is 3. The van der Waals surface area contributed by atoms with Crippen LogP contribution in [0.1, 0.15) is 87.7 Å². The van der Waals surface area contributed by atoms with Crippen LogP contribution in [0.25, 0.3) is 0 Å². The predicted octanol–water partition coefficient (Wildman–Crippen LogP) is 8.52. The number of carbonyl (C=O) groups is 4. The molecule has 0 spiro atoms. The molecule has 0 unspecified atom stereocenters. The summed E-state index contributed by atoms with van der Waals surface area (Å²) in [6, 6.07) is 21.7. The number of rotatable bonds is 14. The summed E-state index contributed by atoms with van der Waals surface area (Å²) in [5.41, 5.74) is 3.93. The number of nitrogens with zero attached hydrogens (tertiary/aromatic N) is 2. The zero-order chi connectivity index (χ0) is 31.8. The van der Waals surface area contributed by atoms with Crippen LogP contribution in [0.4, 0.5) is 11.4 Å². The van der Waals surface area contributed by atoms with E-state index < -0.39 is 23.7 Å². The molecule has 10 heteroatoms. The minimum absolute atomic E-state index is 0.105. The van der Waals surface area contributed by atoms with E-state index in [9.17, 15) is 19.2 Å². The number of esters is 1. The molecule has 2 aliphatic rings. The number of halogens is 2. The van der Waals surface area contributed by atoms with Crippen molar-refractivity contribution < 1.29 is 28.8 Å². The average molecular weight is 740 g/mol. The number of hydrogen-bond donors (Lipinski definition) is 0. The van der Waals surface area contributed by atoms with Gasteiger partial charge in [0.15, 0.2) is 5.75 Å². The zero-order valence-corrected chi connectivity index (χ0v) is 28.2. The number of unbranched alkanes of at least 4 members (excludes halogenated alkanes) is 7. The molecule has 0 atom stereocenters. The van der Waals surface area contributed by atoms with Crippen molar-refractivity contribution in [3.8, 4) is 5.75 Å². The first-order chi connectivity index (χ1) is 21.8. The number of imide groups is 1. The van der Waals surface area contributed by atoms with Crippen LogP contribution in [-0.2, 0) is 24.0 Å². The molecule has 1 fully saturated rings. The third-order valence-electron chi connectivity index (χ3n) is 8.15. The summed E-state index contributed by atoms with van der Waals surface area (Å²) in [6.45, 7) is 0.843. The van der Waals surface area contributed by atoms with Crippen LogP contribution >= 0.6 is 31.9 Å². The lowest BCUT2D eigenvalue weighted by Crippen LogP contribution is -2.31. The van der Waals surface area contributed by atoms with Crippen LogP contribution < -0.4 is 9.64 Å².